The molecule has 14 heavy (non-hydrogen) atoms. The molecule has 1 aromatic heterocycles. The van der Waals surface area contributed by atoms with Crippen molar-refractivity contribution in [1.29, 1.82) is 0 Å². The molecule has 0 aliphatic rings. The Bertz CT molecular complexity index is 327. The molecule has 0 atom stereocenters. The van der Waals surface area contributed by atoms with E-state index >= 15 is 0 Å². The van der Waals surface area contributed by atoms with Gasteiger partial charge in [-0.1, -0.05) is 0 Å². The van der Waals surface area contributed by atoms with E-state index in [0.29, 0.717) is 5.88 Å². The number of carbonyl (C=O) groups excluding carboxylic acids is 1. The number of halogens is 1. The normalized spacial score (nSPS) is 10.2. The summed E-state index contributed by atoms with van der Waals surface area (Å²) < 4.78 is 18.3. The molecule has 0 unspecified atom stereocenters. The van der Waals surface area contributed by atoms with Gasteiger partial charge in [0.15, 0.2) is 0 Å². The highest BCUT2D eigenvalue weighted by atomic mass is 32.2. The molecule has 0 aliphatic carbocycles. The largest absolute Gasteiger partial charge is 0.464 e. The van der Waals surface area contributed by atoms with Crippen LogP contribution >= 0.6 is 11.8 Å². The van der Waals surface area contributed by atoms with Crippen molar-refractivity contribution in [3.8, 4) is 0 Å². The molecule has 0 saturated heterocycles. The van der Waals surface area contributed by atoms with Crippen LogP contribution in [0.4, 0.5) is 4.39 Å². The van der Waals surface area contributed by atoms with E-state index in [1.165, 1.54) is 29.6 Å². The Hall–Kier alpha value is -1.04. The fourth-order valence-corrected chi connectivity index (χ4v) is 1.47. The molecule has 0 N–H and O–H groups in total. The zero-order chi connectivity index (χ0) is 10.6. The van der Waals surface area contributed by atoms with Crippen molar-refractivity contribution in [2.45, 2.75) is 12.6 Å². The summed E-state index contributed by atoms with van der Waals surface area (Å²) in [4.78, 5) is 11.2. The molecule has 0 amide bonds. The molecule has 6 heteroatoms. The minimum atomic E-state index is -0.675. The standard InChI is InChI=1S/C8H11FN2O2S/c1-13-8(12)7-3-6(4-9)10-11(7)5-14-2/h3H,4-5H2,1-2H3. The number of hydrogen-bond acceptors (Lipinski definition) is 4. The Labute approximate surface area is 85.4 Å². The van der Waals surface area contributed by atoms with Crippen LogP contribution in [0.25, 0.3) is 0 Å². The second-order valence-electron chi connectivity index (χ2n) is 2.56. The van der Waals surface area contributed by atoms with Gasteiger partial charge >= 0.3 is 5.97 Å². The first-order valence-corrected chi connectivity index (χ1v) is 5.32. The molecule has 1 aromatic rings. The molecule has 1 heterocycles. The Balaban J connectivity index is 2.99. The van der Waals surface area contributed by atoms with E-state index in [9.17, 15) is 9.18 Å². The van der Waals surface area contributed by atoms with Gasteiger partial charge < -0.3 is 4.74 Å². The minimum Gasteiger partial charge on any atom is -0.464 e. The summed E-state index contributed by atoms with van der Waals surface area (Å²) in [5.41, 5.74) is 0.536. The summed E-state index contributed by atoms with van der Waals surface area (Å²) >= 11 is 1.49. The van der Waals surface area contributed by atoms with Gasteiger partial charge in [-0.25, -0.2) is 13.9 Å². The maximum atomic E-state index is 12.3. The SMILES string of the molecule is COC(=O)c1cc(CF)nn1CSC. The summed E-state index contributed by atoms with van der Waals surface area (Å²) in [6.07, 6.45) is 1.87. The highest BCUT2D eigenvalue weighted by molar-refractivity contribution is 7.97. The van der Waals surface area contributed by atoms with Crippen LogP contribution in [0.2, 0.25) is 0 Å². The topological polar surface area (TPSA) is 44.1 Å². The smallest absolute Gasteiger partial charge is 0.356 e. The zero-order valence-electron chi connectivity index (χ0n) is 7.99. The fourth-order valence-electron chi connectivity index (χ4n) is 1.02. The van der Waals surface area contributed by atoms with Crippen molar-refractivity contribution < 1.29 is 13.9 Å². The summed E-state index contributed by atoms with van der Waals surface area (Å²) in [6, 6.07) is 1.40. The third-order valence-corrected chi connectivity index (χ3v) is 2.12. The van der Waals surface area contributed by atoms with Crippen LogP contribution in [0.5, 0.6) is 0 Å². The van der Waals surface area contributed by atoms with Gasteiger partial charge in [-0.05, 0) is 12.3 Å². The lowest BCUT2D eigenvalue weighted by Gasteiger charge is -2.02. The molecule has 0 spiro atoms. The molecule has 78 valence electrons. The van der Waals surface area contributed by atoms with Crippen LogP contribution < -0.4 is 0 Å². The van der Waals surface area contributed by atoms with Gasteiger partial charge in [0.2, 0.25) is 0 Å². The monoisotopic (exact) mass is 218 g/mol. The highest BCUT2D eigenvalue weighted by Crippen LogP contribution is 2.10. The minimum absolute atomic E-state index is 0.249. The Morgan fingerprint density at radius 1 is 1.79 bits per heavy atom. The van der Waals surface area contributed by atoms with Crippen molar-refractivity contribution in [3.63, 3.8) is 0 Å². The van der Waals surface area contributed by atoms with E-state index < -0.39 is 12.6 Å². The van der Waals surface area contributed by atoms with Gasteiger partial charge in [-0.15, -0.1) is 11.8 Å². The number of hydrogen-bond donors (Lipinski definition) is 0. The number of nitrogens with zero attached hydrogens (tertiary/aromatic N) is 2. The summed E-state index contributed by atoms with van der Waals surface area (Å²) in [6.45, 7) is -0.675. The van der Waals surface area contributed by atoms with Crippen LogP contribution in [-0.4, -0.2) is 29.1 Å². The number of alkyl halides is 1. The molecule has 0 radical (unpaired) electrons. The maximum Gasteiger partial charge on any atom is 0.356 e. The molecule has 0 saturated carbocycles. The van der Waals surface area contributed by atoms with E-state index in [-0.39, 0.29) is 11.4 Å². The number of thioether (sulfide) groups is 1. The van der Waals surface area contributed by atoms with Crippen LogP contribution in [-0.2, 0) is 17.3 Å². The van der Waals surface area contributed by atoms with Crippen molar-refractivity contribution >= 4 is 17.7 Å². The van der Waals surface area contributed by atoms with E-state index in [0.717, 1.165) is 0 Å². The second-order valence-corrected chi connectivity index (χ2v) is 3.40. The van der Waals surface area contributed by atoms with Gasteiger partial charge in [0.1, 0.15) is 12.4 Å². The average Bonchev–Trinajstić information content (AvgIpc) is 2.61. The molecule has 4 nitrogen and oxygen atoms in total. The number of aromatic nitrogens is 2. The lowest BCUT2D eigenvalue weighted by molar-refractivity contribution is 0.0588. The predicted octanol–water partition coefficient (Wildman–Crippen LogP) is 1.46. The zero-order valence-corrected chi connectivity index (χ0v) is 8.81. The molecule has 1 rings (SSSR count). The first-order valence-electron chi connectivity index (χ1n) is 3.93. The number of methoxy groups -OCH3 is 1. The lowest BCUT2D eigenvalue weighted by Crippen LogP contribution is -2.10. The van der Waals surface area contributed by atoms with Crippen molar-refractivity contribution in [2.24, 2.45) is 0 Å². The molecule has 0 aliphatic heterocycles. The third kappa shape index (κ3) is 2.25. The van der Waals surface area contributed by atoms with E-state index in [4.69, 9.17) is 0 Å². The van der Waals surface area contributed by atoms with Crippen LogP contribution in [0, 0.1) is 0 Å². The van der Waals surface area contributed by atoms with E-state index in [2.05, 4.69) is 9.84 Å². The number of esters is 1. The van der Waals surface area contributed by atoms with Crippen molar-refractivity contribution in [1.82, 2.24) is 9.78 Å². The number of carbonyl (C=O) groups is 1. The van der Waals surface area contributed by atoms with Gasteiger partial charge in [0.05, 0.1) is 18.7 Å². The third-order valence-electron chi connectivity index (χ3n) is 1.61. The summed E-state index contributed by atoms with van der Waals surface area (Å²) in [7, 11) is 1.29. The van der Waals surface area contributed by atoms with E-state index in [1.807, 2.05) is 6.26 Å². The highest BCUT2D eigenvalue weighted by Gasteiger charge is 2.14. The molecule has 0 bridgehead atoms. The van der Waals surface area contributed by atoms with Crippen molar-refractivity contribution in [3.05, 3.63) is 17.5 Å². The van der Waals surface area contributed by atoms with Crippen LogP contribution in [0.3, 0.4) is 0 Å². The molecular formula is C8H11FN2O2S. The molecule has 0 aromatic carbocycles. The van der Waals surface area contributed by atoms with Gasteiger partial charge in [0, 0.05) is 0 Å². The Morgan fingerprint density at radius 3 is 3.00 bits per heavy atom. The average molecular weight is 218 g/mol. The first kappa shape index (κ1) is 11.0. The van der Waals surface area contributed by atoms with Crippen LogP contribution in [0.15, 0.2) is 6.07 Å². The quantitative estimate of drug-likeness (QED) is 0.718. The number of rotatable bonds is 4. The number of ether oxygens (including phenoxy) is 1. The molecule has 0 fully saturated rings. The fraction of sp³-hybridized carbons (Fsp3) is 0.500. The second kappa shape index (κ2) is 4.99. The lowest BCUT2D eigenvalue weighted by atomic mass is 10.4. The summed E-state index contributed by atoms with van der Waals surface area (Å²) in [5, 5.41) is 3.91. The first-order chi connectivity index (χ1) is 6.72. The van der Waals surface area contributed by atoms with E-state index in [1.54, 1.807) is 0 Å². The Morgan fingerprint density at radius 2 is 2.50 bits per heavy atom. The van der Waals surface area contributed by atoms with Gasteiger partial charge in [-0.2, -0.15) is 5.10 Å². The van der Waals surface area contributed by atoms with Gasteiger partial charge in [0.25, 0.3) is 0 Å². The predicted molar refractivity (Wildman–Crippen MR) is 51.9 cm³/mol. The van der Waals surface area contributed by atoms with Crippen LogP contribution in [0.1, 0.15) is 16.2 Å². The summed E-state index contributed by atoms with van der Waals surface area (Å²) in [5.74, 6) is 0.0102. The van der Waals surface area contributed by atoms with Crippen molar-refractivity contribution in [2.75, 3.05) is 13.4 Å². The van der Waals surface area contributed by atoms with Gasteiger partial charge in [-0.3, -0.25) is 0 Å². The maximum absolute atomic E-state index is 12.3. The molecular weight excluding hydrogens is 207 g/mol. The Kier molecular flexibility index (Phi) is 3.94.